The molecule has 4 aliphatic rings. The molecule has 3 aliphatic carbocycles. The molecule has 0 radical (unpaired) electrons. The van der Waals surface area contributed by atoms with Crippen molar-refractivity contribution >= 4 is 58.4 Å². The number of Topliss-reactive ketones (excluding diaryl/α,β-unsaturated/α-hetero) is 1. The van der Waals surface area contributed by atoms with Crippen molar-refractivity contribution in [2.45, 2.75) is 9.75 Å². The Balaban J connectivity index is 1.30. The molecule has 0 unspecified atom stereocenters. The number of rotatable bonds is 5. The Morgan fingerprint density at radius 1 is 0.757 bits per heavy atom. The number of benzene rings is 3. The zero-order valence-corrected chi connectivity index (χ0v) is 21.4. The van der Waals surface area contributed by atoms with Gasteiger partial charge in [0.25, 0.3) is 0 Å². The van der Waals surface area contributed by atoms with Crippen LogP contribution in [0, 0.1) is 11.8 Å². The number of ether oxygens (including phenoxy) is 1. The molecule has 0 spiro atoms. The quantitative estimate of drug-likeness (QED) is 0.198. The van der Waals surface area contributed by atoms with Gasteiger partial charge in [-0.05, 0) is 46.5 Å². The van der Waals surface area contributed by atoms with Crippen molar-refractivity contribution in [3.63, 3.8) is 0 Å². The summed E-state index contributed by atoms with van der Waals surface area (Å²) < 4.78 is 5.11. The molecule has 0 aromatic heterocycles. The van der Waals surface area contributed by atoms with Gasteiger partial charge >= 0.3 is 5.97 Å². The van der Waals surface area contributed by atoms with E-state index in [0.717, 1.165) is 4.90 Å². The minimum atomic E-state index is -1.33. The number of ketones is 1. The van der Waals surface area contributed by atoms with Gasteiger partial charge in [0.15, 0.2) is 12.4 Å². The van der Waals surface area contributed by atoms with Gasteiger partial charge in [-0.3, -0.25) is 24.1 Å². The first kappa shape index (κ1) is 24.2. The van der Waals surface area contributed by atoms with Gasteiger partial charge < -0.3 is 4.74 Å². The molecule has 1 aliphatic heterocycles. The summed E-state index contributed by atoms with van der Waals surface area (Å²) in [6.07, 6.45) is 0. The number of hydrogen-bond acceptors (Lipinski definition) is 5. The van der Waals surface area contributed by atoms with E-state index in [2.05, 4.69) is 0 Å². The van der Waals surface area contributed by atoms with E-state index in [1.807, 2.05) is 48.5 Å². The van der Waals surface area contributed by atoms with Crippen molar-refractivity contribution in [3.8, 4) is 0 Å². The zero-order valence-electron chi connectivity index (χ0n) is 19.1. The first-order valence-corrected chi connectivity index (χ1v) is 12.7. The van der Waals surface area contributed by atoms with Crippen molar-refractivity contribution in [1.29, 1.82) is 0 Å². The van der Waals surface area contributed by atoms with Crippen LogP contribution in [-0.4, -0.2) is 41.6 Å². The lowest BCUT2D eigenvalue weighted by Gasteiger charge is -2.54. The van der Waals surface area contributed by atoms with E-state index in [-0.39, 0.29) is 0 Å². The molecule has 2 amide bonds. The van der Waals surface area contributed by atoms with E-state index in [0.29, 0.717) is 32.8 Å². The maximum Gasteiger partial charge on any atom is 0.326 e. The van der Waals surface area contributed by atoms with Crippen molar-refractivity contribution in [2.75, 3.05) is 13.2 Å². The average molecular weight is 555 g/mol. The van der Waals surface area contributed by atoms with E-state index in [4.69, 9.17) is 39.5 Å². The van der Waals surface area contributed by atoms with Gasteiger partial charge in [0.2, 0.25) is 11.8 Å². The molecule has 2 bridgehead atoms. The second-order valence-electron chi connectivity index (χ2n) is 9.32. The minimum Gasteiger partial charge on any atom is -0.456 e. The topological polar surface area (TPSA) is 80.8 Å². The number of amides is 2. The molecule has 1 heterocycles. The van der Waals surface area contributed by atoms with E-state index in [9.17, 15) is 19.2 Å². The average Bonchev–Trinajstić information content (AvgIpc) is 3.16. The maximum absolute atomic E-state index is 13.7. The van der Waals surface area contributed by atoms with Crippen molar-refractivity contribution in [1.82, 2.24) is 4.90 Å². The van der Waals surface area contributed by atoms with E-state index in [1.54, 1.807) is 12.1 Å². The van der Waals surface area contributed by atoms with Crippen LogP contribution in [0.1, 0.15) is 32.6 Å². The highest BCUT2D eigenvalue weighted by Crippen LogP contribution is 2.69. The summed E-state index contributed by atoms with van der Waals surface area (Å²) in [5.74, 6) is -4.54. The van der Waals surface area contributed by atoms with E-state index >= 15 is 0 Å². The maximum atomic E-state index is 13.7. The third kappa shape index (κ3) is 3.26. The molecule has 0 saturated carbocycles. The van der Waals surface area contributed by atoms with Gasteiger partial charge in [0, 0.05) is 10.6 Å². The van der Waals surface area contributed by atoms with Crippen LogP contribution in [0.5, 0.6) is 0 Å². The Morgan fingerprint density at radius 2 is 1.19 bits per heavy atom. The number of hydrogen-bond donors (Lipinski definition) is 0. The molecule has 3 aromatic carbocycles. The number of likely N-dealkylation sites (tertiary alicyclic amines) is 1. The predicted octanol–water partition coefficient (Wildman–Crippen LogP) is 4.66. The summed E-state index contributed by atoms with van der Waals surface area (Å²) in [6, 6.07) is 20.7. The Bertz CT molecular complexity index is 1380. The molecular formula is C28H18Cl3NO5. The van der Waals surface area contributed by atoms with Gasteiger partial charge in [-0.2, -0.15) is 0 Å². The van der Waals surface area contributed by atoms with Crippen LogP contribution in [-0.2, 0) is 28.9 Å². The van der Waals surface area contributed by atoms with Gasteiger partial charge in [-0.15, -0.1) is 23.2 Å². The van der Waals surface area contributed by atoms with Gasteiger partial charge in [0.05, 0.1) is 11.8 Å². The number of imide groups is 1. The highest BCUT2D eigenvalue weighted by molar-refractivity contribution is 6.36. The first-order valence-electron chi connectivity index (χ1n) is 11.6. The summed E-state index contributed by atoms with van der Waals surface area (Å²) in [5, 5.41) is 0.466. The molecule has 1 saturated heterocycles. The highest BCUT2D eigenvalue weighted by atomic mass is 35.5. The number of carbonyl (C=O) groups excluding carboxylic acids is 4. The van der Waals surface area contributed by atoms with Crippen molar-refractivity contribution < 1.29 is 23.9 Å². The number of esters is 1. The Kier molecular flexibility index (Phi) is 5.50. The van der Waals surface area contributed by atoms with Gasteiger partial charge in [-0.1, -0.05) is 60.1 Å². The van der Waals surface area contributed by atoms with Crippen LogP contribution in [0.25, 0.3) is 0 Å². The lowest BCUT2D eigenvalue weighted by molar-refractivity contribution is -0.152. The smallest absolute Gasteiger partial charge is 0.326 e. The zero-order chi connectivity index (χ0) is 26.1. The van der Waals surface area contributed by atoms with Crippen LogP contribution in [0.4, 0.5) is 0 Å². The van der Waals surface area contributed by atoms with Crippen LogP contribution in [0.2, 0.25) is 5.02 Å². The van der Waals surface area contributed by atoms with Crippen LogP contribution in [0.15, 0.2) is 72.8 Å². The fraction of sp³-hybridized carbons (Fsp3) is 0.214. The van der Waals surface area contributed by atoms with Gasteiger partial charge in [0.1, 0.15) is 16.3 Å². The standard InChI is InChI=1S/C28H18Cl3NO5/c29-16-11-9-15(10-12-16)21(33)14-37-22(34)13-32-25(35)23-24(26(32)36)28(31)18-6-2-1-5-17(18)27(23,30)19-7-3-4-8-20(19)28/h1-12,23-24H,13-14H2/t23-,24-,27?,28?/m0/s1. The van der Waals surface area contributed by atoms with Crippen molar-refractivity contribution in [2.24, 2.45) is 11.8 Å². The Morgan fingerprint density at radius 3 is 1.62 bits per heavy atom. The minimum absolute atomic E-state index is 0.316. The van der Waals surface area contributed by atoms with E-state index in [1.165, 1.54) is 12.1 Å². The fourth-order valence-electron chi connectivity index (χ4n) is 5.92. The summed E-state index contributed by atoms with van der Waals surface area (Å²) in [5.41, 5.74) is 3.00. The number of nitrogens with zero attached hydrogens (tertiary/aromatic N) is 1. The lowest BCUT2D eigenvalue weighted by atomic mass is 9.54. The Hall–Kier alpha value is -3.19. The third-order valence-electron chi connectivity index (χ3n) is 7.49. The summed E-state index contributed by atoms with van der Waals surface area (Å²) in [7, 11) is 0. The first-order chi connectivity index (χ1) is 17.7. The lowest BCUT2D eigenvalue weighted by Crippen LogP contribution is -2.57. The monoisotopic (exact) mass is 553 g/mol. The fourth-order valence-corrected chi connectivity index (χ4v) is 7.14. The number of carbonyl (C=O) groups is 4. The normalized spacial score (nSPS) is 26.9. The van der Waals surface area contributed by atoms with Crippen LogP contribution in [0.3, 0.4) is 0 Å². The second-order valence-corrected chi connectivity index (χ2v) is 11.0. The number of halogens is 3. The molecule has 186 valence electrons. The van der Waals surface area contributed by atoms with Crippen molar-refractivity contribution in [3.05, 3.63) is 106 Å². The second kappa shape index (κ2) is 8.42. The number of alkyl halides is 2. The highest BCUT2D eigenvalue weighted by Gasteiger charge is 2.73. The molecular weight excluding hydrogens is 537 g/mol. The third-order valence-corrected chi connectivity index (χ3v) is 9.03. The van der Waals surface area contributed by atoms with Crippen LogP contribution >= 0.6 is 34.8 Å². The molecule has 2 atom stereocenters. The molecule has 6 nitrogen and oxygen atoms in total. The largest absolute Gasteiger partial charge is 0.456 e. The SMILES string of the molecule is O=C(CN1C(=O)[C@@H]2[C@@H](C1=O)C1(Cl)c3ccccc3C2(Cl)c2ccccc21)OCC(=O)c1ccc(Cl)cc1. The molecule has 0 N–H and O–H groups in total. The summed E-state index contributed by atoms with van der Waals surface area (Å²) in [4.78, 5) is 50.6. The molecule has 3 aromatic rings. The molecule has 9 heteroatoms. The molecule has 7 rings (SSSR count). The van der Waals surface area contributed by atoms with Crippen LogP contribution < -0.4 is 0 Å². The Labute approximate surface area is 227 Å². The summed E-state index contributed by atoms with van der Waals surface area (Å²) in [6.45, 7) is -1.19. The van der Waals surface area contributed by atoms with Gasteiger partial charge in [-0.25, -0.2) is 0 Å². The molecule has 1 fully saturated rings. The summed E-state index contributed by atoms with van der Waals surface area (Å²) >= 11 is 20.5. The van der Waals surface area contributed by atoms with E-state index < -0.39 is 58.3 Å². The molecule has 37 heavy (non-hydrogen) atoms. The predicted molar refractivity (Wildman–Crippen MR) is 137 cm³/mol.